The van der Waals surface area contributed by atoms with Gasteiger partial charge < -0.3 is 14.5 Å². The van der Waals surface area contributed by atoms with E-state index in [1.807, 2.05) is 30.3 Å². The first-order chi connectivity index (χ1) is 12.7. The monoisotopic (exact) mass is 352 g/mol. The number of rotatable bonds is 6. The summed E-state index contributed by atoms with van der Waals surface area (Å²) in [7, 11) is 1.63. The number of ether oxygens (including phenoxy) is 1. The number of hydrogen-bond donors (Lipinski definition) is 1. The molecule has 1 aliphatic carbocycles. The number of fused-ring (bicyclic) bond motifs is 1. The number of methoxy groups -OCH3 is 1. The second-order valence-corrected chi connectivity index (χ2v) is 6.58. The first kappa shape index (κ1) is 16.4. The van der Waals surface area contributed by atoms with Crippen LogP contribution in [-0.4, -0.2) is 17.6 Å². The maximum Gasteiger partial charge on any atom is 0.420 e. The van der Waals surface area contributed by atoms with Crippen molar-refractivity contribution >= 4 is 17.0 Å². The zero-order chi connectivity index (χ0) is 18.1. The molecule has 0 bridgehead atoms. The predicted octanol–water partition coefficient (Wildman–Crippen LogP) is 2.87. The number of benzene rings is 2. The third-order valence-electron chi connectivity index (χ3n) is 4.76. The van der Waals surface area contributed by atoms with Gasteiger partial charge in [-0.05, 0) is 48.6 Å². The summed E-state index contributed by atoms with van der Waals surface area (Å²) < 4.78 is 11.7. The van der Waals surface area contributed by atoms with Gasteiger partial charge in [0.1, 0.15) is 12.3 Å². The van der Waals surface area contributed by atoms with Crippen molar-refractivity contribution in [3.63, 3.8) is 0 Å². The van der Waals surface area contributed by atoms with Crippen LogP contribution < -0.4 is 15.8 Å². The van der Waals surface area contributed by atoms with Crippen LogP contribution in [0.5, 0.6) is 5.75 Å². The van der Waals surface area contributed by atoms with Crippen molar-refractivity contribution in [2.75, 3.05) is 7.11 Å². The van der Waals surface area contributed by atoms with Crippen molar-refractivity contribution in [3.8, 4) is 5.75 Å². The molecule has 134 valence electrons. The second-order valence-electron chi connectivity index (χ2n) is 6.58. The fourth-order valence-corrected chi connectivity index (χ4v) is 3.24. The van der Waals surface area contributed by atoms with Gasteiger partial charge in [0.05, 0.1) is 18.7 Å². The van der Waals surface area contributed by atoms with Gasteiger partial charge in [-0.25, -0.2) is 4.79 Å². The Morgan fingerprint density at radius 2 is 1.96 bits per heavy atom. The van der Waals surface area contributed by atoms with Gasteiger partial charge in [-0.1, -0.05) is 24.3 Å². The molecule has 4 rings (SSSR count). The van der Waals surface area contributed by atoms with E-state index < -0.39 is 5.76 Å². The van der Waals surface area contributed by atoms with Crippen molar-refractivity contribution in [1.82, 2.24) is 9.88 Å². The summed E-state index contributed by atoms with van der Waals surface area (Å²) >= 11 is 0. The van der Waals surface area contributed by atoms with E-state index in [0.717, 1.165) is 24.2 Å². The molecule has 1 N–H and O–H groups in total. The number of aromatic nitrogens is 1. The molecule has 6 heteroatoms. The number of nitrogens with zero attached hydrogens (tertiary/aromatic N) is 1. The molecule has 2 aromatic carbocycles. The average molecular weight is 352 g/mol. The Hall–Kier alpha value is -3.02. The first-order valence-electron chi connectivity index (χ1n) is 8.67. The normalized spacial score (nSPS) is 15.0. The average Bonchev–Trinajstić information content (AvgIpc) is 3.45. The van der Waals surface area contributed by atoms with Gasteiger partial charge in [-0.3, -0.25) is 9.36 Å². The molecule has 26 heavy (non-hydrogen) atoms. The van der Waals surface area contributed by atoms with E-state index >= 15 is 0 Å². The zero-order valence-electron chi connectivity index (χ0n) is 14.5. The summed E-state index contributed by atoms with van der Waals surface area (Å²) in [6, 6.07) is 14.8. The number of carbonyl (C=O) groups excluding carboxylic acids is 1. The van der Waals surface area contributed by atoms with Crippen LogP contribution in [0.2, 0.25) is 0 Å². The van der Waals surface area contributed by atoms with Crippen LogP contribution in [0.3, 0.4) is 0 Å². The van der Waals surface area contributed by atoms with Crippen LogP contribution in [-0.2, 0) is 11.3 Å². The predicted molar refractivity (Wildman–Crippen MR) is 97.1 cm³/mol. The molecule has 1 unspecified atom stereocenters. The van der Waals surface area contributed by atoms with Crippen molar-refractivity contribution in [1.29, 1.82) is 0 Å². The maximum atomic E-state index is 12.6. The molecule has 1 amide bonds. The van der Waals surface area contributed by atoms with E-state index in [9.17, 15) is 9.59 Å². The maximum absolute atomic E-state index is 12.6. The number of para-hydroxylation sites is 2. The van der Waals surface area contributed by atoms with Crippen LogP contribution in [0.25, 0.3) is 11.1 Å². The Bertz CT molecular complexity index is 983. The summed E-state index contributed by atoms with van der Waals surface area (Å²) in [6.45, 7) is -0.0603. The Labute approximate surface area is 150 Å². The molecule has 1 aliphatic rings. The van der Waals surface area contributed by atoms with Gasteiger partial charge in [-0.2, -0.15) is 0 Å². The lowest BCUT2D eigenvalue weighted by Crippen LogP contribution is -2.34. The summed E-state index contributed by atoms with van der Waals surface area (Å²) in [5, 5.41) is 3.08. The van der Waals surface area contributed by atoms with Gasteiger partial charge in [0.25, 0.3) is 0 Å². The van der Waals surface area contributed by atoms with Gasteiger partial charge in [0, 0.05) is 0 Å². The Balaban J connectivity index is 1.53. The lowest BCUT2D eigenvalue weighted by Gasteiger charge is -2.19. The molecule has 6 nitrogen and oxygen atoms in total. The quantitative estimate of drug-likeness (QED) is 0.740. The van der Waals surface area contributed by atoms with E-state index in [-0.39, 0.29) is 18.5 Å². The van der Waals surface area contributed by atoms with Gasteiger partial charge in [0.2, 0.25) is 5.91 Å². The third-order valence-corrected chi connectivity index (χ3v) is 4.76. The molecular formula is C20H20N2O4. The smallest absolute Gasteiger partial charge is 0.420 e. The molecule has 0 saturated heterocycles. The third kappa shape index (κ3) is 3.22. The van der Waals surface area contributed by atoms with Crippen LogP contribution in [0, 0.1) is 5.92 Å². The van der Waals surface area contributed by atoms with E-state index in [2.05, 4.69) is 5.32 Å². The second kappa shape index (κ2) is 6.71. The number of oxazole rings is 1. The minimum absolute atomic E-state index is 0.0535. The topological polar surface area (TPSA) is 73.5 Å². The fraction of sp³-hybridized carbons (Fsp3) is 0.300. The summed E-state index contributed by atoms with van der Waals surface area (Å²) in [4.78, 5) is 24.7. The Kier molecular flexibility index (Phi) is 4.24. The molecule has 1 fully saturated rings. The highest BCUT2D eigenvalue weighted by molar-refractivity contribution is 5.79. The zero-order valence-corrected chi connectivity index (χ0v) is 14.5. The highest BCUT2D eigenvalue weighted by atomic mass is 16.5. The van der Waals surface area contributed by atoms with Crippen molar-refractivity contribution in [3.05, 3.63) is 64.6 Å². The SMILES string of the molecule is COc1ccc(C(NC(=O)Cn2c(=O)oc3ccccc32)C2CC2)cc1. The van der Waals surface area contributed by atoms with Crippen molar-refractivity contribution in [2.45, 2.75) is 25.4 Å². The highest BCUT2D eigenvalue weighted by Crippen LogP contribution is 2.41. The van der Waals surface area contributed by atoms with Crippen LogP contribution >= 0.6 is 0 Å². The lowest BCUT2D eigenvalue weighted by molar-refractivity contribution is -0.122. The fourth-order valence-electron chi connectivity index (χ4n) is 3.24. The van der Waals surface area contributed by atoms with Gasteiger partial charge >= 0.3 is 5.76 Å². The Morgan fingerprint density at radius 3 is 2.65 bits per heavy atom. The number of amides is 1. The largest absolute Gasteiger partial charge is 0.497 e. The number of nitrogens with one attached hydrogen (secondary N) is 1. The minimum Gasteiger partial charge on any atom is -0.497 e. The van der Waals surface area contributed by atoms with E-state index in [1.165, 1.54) is 4.57 Å². The molecule has 0 radical (unpaired) electrons. The van der Waals surface area contributed by atoms with E-state index in [1.54, 1.807) is 25.3 Å². The Morgan fingerprint density at radius 1 is 1.23 bits per heavy atom. The van der Waals surface area contributed by atoms with Crippen molar-refractivity contribution < 1.29 is 13.9 Å². The number of hydrogen-bond acceptors (Lipinski definition) is 4. The summed E-state index contributed by atoms with van der Waals surface area (Å²) in [5.41, 5.74) is 2.16. The summed E-state index contributed by atoms with van der Waals surface area (Å²) in [6.07, 6.45) is 2.18. The first-order valence-corrected chi connectivity index (χ1v) is 8.67. The van der Waals surface area contributed by atoms with Gasteiger partial charge in [0.15, 0.2) is 5.58 Å². The molecule has 1 aromatic heterocycles. The molecule has 3 aromatic rings. The number of carbonyl (C=O) groups is 1. The van der Waals surface area contributed by atoms with Crippen LogP contribution in [0.1, 0.15) is 24.4 Å². The molecule has 1 heterocycles. The molecule has 0 spiro atoms. The minimum atomic E-state index is -0.520. The highest BCUT2D eigenvalue weighted by Gasteiger charge is 2.33. The van der Waals surface area contributed by atoms with Crippen molar-refractivity contribution in [2.24, 2.45) is 5.92 Å². The standard InChI is InChI=1S/C20H20N2O4/c1-25-15-10-8-14(9-11-15)19(13-6-7-13)21-18(23)12-22-16-4-2-3-5-17(16)26-20(22)24/h2-5,8-11,13,19H,6-7,12H2,1H3,(H,21,23). The molecular weight excluding hydrogens is 332 g/mol. The van der Waals surface area contributed by atoms with Crippen LogP contribution in [0.15, 0.2) is 57.7 Å². The van der Waals surface area contributed by atoms with Crippen LogP contribution in [0.4, 0.5) is 0 Å². The van der Waals surface area contributed by atoms with E-state index in [0.29, 0.717) is 17.0 Å². The van der Waals surface area contributed by atoms with E-state index in [4.69, 9.17) is 9.15 Å². The molecule has 1 atom stereocenters. The lowest BCUT2D eigenvalue weighted by atomic mass is 10.0. The molecule has 1 saturated carbocycles. The molecule has 0 aliphatic heterocycles. The van der Waals surface area contributed by atoms with Gasteiger partial charge in [-0.15, -0.1) is 0 Å². The summed E-state index contributed by atoms with van der Waals surface area (Å²) in [5.74, 6) is 0.497.